The Morgan fingerprint density at radius 2 is 1.84 bits per heavy atom. The number of fused-ring (bicyclic) bond motifs is 1. The van der Waals surface area contributed by atoms with Crippen molar-refractivity contribution in [2.75, 3.05) is 19.6 Å². The van der Waals surface area contributed by atoms with Crippen LogP contribution < -0.4 is 0 Å². The first-order valence-corrected chi connectivity index (χ1v) is 10.6. The van der Waals surface area contributed by atoms with Gasteiger partial charge in [0.25, 0.3) is 0 Å². The topological polar surface area (TPSA) is 76.8 Å². The third kappa shape index (κ3) is 5.12. The van der Waals surface area contributed by atoms with Crippen LogP contribution in [-0.4, -0.2) is 61.5 Å². The summed E-state index contributed by atoms with van der Waals surface area (Å²) in [6.45, 7) is 2.90. The standard InChI is InChI=1S/C22H25F3N6O/c1-14-26-29-21(30(14)2)16-3-4-19-17(11-16)12-18(27-28-19)13-20(32)15-5-8-31(9-6-15)10-7-22(23,24)25/h3-4,11-12,15H,5-10,13H2,1-2H3. The van der Waals surface area contributed by atoms with Crippen molar-refractivity contribution in [1.82, 2.24) is 29.9 Å². The summed E-state index contributed by atoms with van der Waals surface area (Å²) in [5.41, 5.74) is 2.22. The van der Waals surface area contributed by atoms with Crippen molar-refractivity contribution in [1.29, 1.82) is 0 Å². The average Bonchev–Trinajstić information content (AvgIpc) is 3.10. The summed E-state index contributed by atoms with van der Waals surface area (Å²) >= 11 is 0. The summed E-state index contributed by atoms with van der Waals surface area (Å²) in [4.78, 5) is 14.6. The number of aromatic nitrogens is 5. The number of alkyl halides is 3. The van der Waals surface area contributed by atoms with Crippen molar-refractivity contribution in [3.8, 4) is 11.4 Å². The Kier molecular flexibility index (Phi) is 6.23. The summed E-state index contributed by atoms with van der Waals surface area (Å²) in [6, 6.07) is 7.60. The molecule has 0 atom stereocenters. The minimum absolute atomic E-state index is 0.00601. The molecule has 0 amide bonds. The zero-order valence-electron chi connectivity index (χ0n) is 18.1. The highest BCUT2D eigenvalue weighted by atomic mass is 19.4. The third-order valence-electron chi connectivity index (χ3n) is 6.10. The normalized spacial score (nSPS) is 16.0. The summed E-state index contributed by atoms with van der Waals surface area (Å²) < 4.78 is 39.1. The molecule has 1 fully saturated rings. The van der Waals surface area contributed by atoms with Gasteiger partial charge >= 0.3 is 6.18 Å². The maximum atomic E-state index is 12.8. The molecule has 4 rings (SSSR count). The van der Waals surface area contributed by atoms with Crippen LogP contribution in [0, 0.1) is 12.8 Å². The number of hydrogen-bond acceptors (Lipinski definition) is 6. The molecule has 0 N–H and O–H groups in total. The highest BCUT2D eigenvalue weighted by Gasteiger charge is 2.30. The largest absolute Gasteiger partial charge is 0.390 e. The van der Waals surface area contributed by atoms with Gasteiger partial charge in [-0.25, -0.2) is 0 Å². The van der Waals surface area contributed by atoms with Crippen LogP contribution in [0.4, 0.5) is 13.2 Å². The van der Waals surface area contributed by atoms with Crippen LogP contribution in [0.5, 0.6) is 0 Å². The predicted octanol–water partition coefficient (Wildman–Crippen LogP) is 3.51. The number of carbonyl (C=O) groups is 1. The molecular formula is C22H25F3N6O. The van der Waals surface area contributed by atoms with Crippen LogP contribution in [0.15, 0.2) is 24.3 Å². The molecule has 0 radical (unpaired) electrons. The molecule has 0 bridgehead atoms. The van der Waals surface area contributed by atoms with E-state index in [0.29, 0.717) is 31.6 Å². The average molecular weight is 446 g/mol. The molecule has 3 heterocycles. The number of ketones is 1. The van der Waals surface area contributed by atoms with E-state index in [4.69, 9.17) is 0 Å². The lowest BCUT2D eigenvalue weighted by Gasteiger charge is -2.31. The Balaban J connectivity index is 1.41. The van der Waals surface area contributed by atoms with Crippen molar-refractivity contribution in [2.45, 2.75) is 38.8 Å². The zero-order chi connectivity index (χ0) is 22.9. The van der Waals surface area contributed by atoms with Gasteiger partial charge in [-0.15, -0.1) is 10.2 Å². The van der Waals surface area contributed by atoms with Gasteiger partial charge in [0, 0.05) is 30.5 Å². The Labute approximate surface area is 183 Å². The minimum atomic E-state index is -4.15. The first-order valence-electron chi connectivity index (χ1n) is 10.6. The molecule has 170 valence electrons. The van der Waals surface area contributed by atoms with Gasteiger partial charge in [-0.2, -0.15) is 23.4 Å². The Morgan fingerprint density at radius 3 is 2.50 bits per heavy atom. The fourth-order valence-electron chi connectivity index (χ4n) is 4.06. The van der Waals surface area contributed by atoms with Gasteiger partial charge in [-0.1, -0.05) is 0 Å². The fraction of sp³-hybridized carbons (Fsp3) is 0.500. The van der Waals surface area contributed by atoms with Gasteiger partial charge < -0.3 is 9.47 Å². The first-order chi connectivity index (χ1) is 15.2. The number of piperidine rings is 1. The zero-order valence-corrected chi connectivity index (χ0v) is 18.1. The fourth-order valence-corrected chi connectivity index (χ4v) is 4.06. The van der Waals surface area contributed by atoms with E-state index in [2.05, 4.69) is 20.4 Å². The van der Waals surface area contributed by atoms with E-state index in [0.717, 1.165) is 28.1 Å². The molecule has 3 aromatic rings. The number of likely N-dealkylation sites (tertiary alicyclic amines) is 1. The molecule has 1 aliphatic rings. The maximum Gasteiger partial charge on any atom is 0.390 e. The molecule has 0 unspecified atom stereocenters. The van der Waals surface area contributed by atoms with Crippen molar-refractivity contribution >= 4 is 16.7 Å². The van der Waals surface area contributed by atoms with Crippen LogP contribution >= 0.6 is 0 Å². The Morgan fingerprint density at radius 1 is 1.09 bits per heavy atom. The summed E-state index contributed by atoms with van der Waals surface area (Å²) in [5.74, 6) is 1.47. The number of aryl methyl sites for hydroxylation is 1. The molecule has 0 spiro atoms. The summed E-state index contributed by atoms with van der Waals surface area (Å²) in [6.07, 6.45) is -3.63. The second kappa shape index (κ2) is 8.93. The Hall–Kier alpha value is -2.88. The number of Topliss-reactive ketones (excluding diaryl/α,β-unsaturated/α-hetero) is 1. The molecule has 1 aromatic carbocycles. The second-order valence-corrected chi connectivity index (χ2v) is 8.36. The van der Waals surface area contributed by atoms with Crippen LogP contribution in [0.1, 0.15) is 30.8 Å². The second-order valence-electron chi connectivity index (χ2n) is 8.36. The summed E-state index contributed by atoms with van der Waals surface area (Å²) in [5, 5.41) is 17.6. The minimum Gasteiger partial charge on any atom is -0.314 e. The quantitative estimate of drug-likeness (QED) is 0.577. The van der Waals surface area contributed by atoms with Crippen molar-refractivity contribution in [3.63, 3.8) is 0 Å². The maximum absolute atomic E-state index is 12.8. The van der Waals surface area contributed by atoms with Gasteiger partial charge in [-0.05, 0) is 57.1 Å². The monoisotopic (exact) mass is 446 g/mol. The lowest BCUT2D eigenvalue weighted by Crippen LogP contribution is -2.38. The van der Waals surface area contributed by atoms with Crippen LogP contribution in [0.2, 0.25) is 0 Å². The molecule has 10 heteroatoms. The van der Waals surface area contributed by atoms with E-state index in [-0.39, 0.29) is 24.7 Å². The lowest BCUT2D eigenvalue weighted by molar-refractivity contribution is -0.139. The number of halogens is 3. The molecule has 2 aromatic heterocycles. The summed E-state index contributed by atoms with van der Waals surface area (Å²) in [7, 11) is 1.90. The highest BCUT2D eigenvalue weighted by Crippen LogP contribution is 2.25. The van der Waals surface area contributed by atoms with Gasteiger partial charge in [0.1, 0.15) is 11.6 Å². The third-order valence-corrected chi connectivity index (χ3v) is 6.10. The van der Waals surface area contributed by atoms with Gasteiger partial charge in [0.2, 0.25) is 0 Å². The predicted molar refractivity (Wildman–Crippen MR) is 113 cm³/mol. The van der Waals surface area contributed by atoms with Crippen molar-refractivity contribution in [2.24, 2.45) is 13.0 Å². The van der Waals surface area contributed by atoms with Gasteiger partial charge in [0.15, 0.2) is 5.82 Å². The van der Waals surface area contributed by atoms with E-state index >= 15 is 0 Å². The SMILES string of the molecule is Cc1nnc(-c2ccc3nnc(CC(=O)C4CCN(CCC(F)(F)F)CC4)cc3c2)n1C. The number of benzene rings is 1. The number of nitrogens with zero attached hydrogens (tertiary/aromatic N) is 6. The molecule has 1 aliphatic heterocycles. The molecule has 1 saturated heterocycles. The molecule has 32 heavy (non-hydrogen) atoms. The van der Waals surface area contributed by atoms with Crippen molar-refractivity contribution in [3.05, 3.63) is 35.8 Å². The lowest BCUT2D eigenvalue weighted by atomic mass is 9.90. The molecule has 0 saturated carbocycles. The van der Waals surface area contributed by atoms with Gasteiger partial charge in [0.05, 0.1) is 24.1 Å². The number of hydrogen-bond donors (Lipinski definition) is 0. The van der Waals surface area contributed by atoms with E-state index in [1.165, 1.54) is 0 Å². The highest BCUT2D eigenvalue weighted by molar-refractivity contribution is 5.86. The smallest absolute Gasteiger partial charge is 0.314 e. The van der Waals surface area contributed by atoms with E-state index in [9.17, 15) is 18.0 Å². The van der Waals surface area contributed by atoms with Crippen LogP contribution in [-0.2, 0) is 18.3 Å². The van der Waals surface area contributed by atoms with E-state index < -0.39 is 12.6 Å². The molecule has 0 aliphatic carbocycles. The van der Waals surface area contributed by atoms with Crippen LogP contribution in [0.3, 0.4) is 0 Å². The van der Waals surface area contributed by atoms with E-state index in [1.807, 2.05) is 42.8 Å². The van der Waals surface area contributed by atoms with E-state index in [1.54, 1.807) is 4.90 Å². The molecular weight excluding hydrogens is 421 g/mol. The first kappa shape index (κ1) is 22.3. The number of carbonyl (C=O) groups excluding carboxylic acids is 1. The Bertz CT molecular complexity index is 1120. The number of rotatable bonds is 6. The van der Waals surface area contributed by atoms with Crippen molar-refractivity contribution < 1.29 is 18.0 Å². The molecule has 7 nitrogen and oxygen atoms in total. The van der Waals surface area contributed by atoms with Gasteiger partial charge in [-0.3, -0.25) is 4.79 Å². The van der Waals surface area contributed by atoms with Crippen LogP contribution in [0.25, 0.3) is 22.3 Å².